The van der Waals surface area contributed by atoms with Gasteiger partial charge >= 0.3 is 0 Å². The van der Waals surface area contributed by atoms with Gasteiger partial charge < -0.3 is 5.32 Å². The zero-order chi connectivity index (χ0) is 17.3. The average molecular weight is 350 g/mol. The fourth-order valence-electron chi connectivity index (χ4n) is 2.23. The van der Waals surface area contributed by atoms with Crippen molar-refractivity contribution in [1.82, 2.24) is 20.5 Å². The molecule has 3 aromatic rings. The van der Waals surface area contributed by atoms with Gasteiger partial charge in [0.1, 0.15) is 10.7 Å². The highest BCUT2D eigenvalue weighted by atomic mass is 32.2. The second-order valence-electron chi connectivity index (χ2n) is 5.35. The number of aromatic nitrogens is 3. The summed E-state index contributed by atoms with van der Waals surface area (Å²) in [4.78, 5) is 16.1. The van der Waals surface area contributed by atoms with Crippen LogP contribution in [0.25, 0.3) is 11.4 Å². The van der Waals surface area contributed by atoms with Gasteiger partial charge in [0.15, 0.2) is 0 Å². The van der Waals surface area contributed by atoms with Crippen molar-refractivity contribution < 1.29 is 4.79 Å². The Morgan fingerprint density at radius 2 is 1.76 bits per heavy atom. The number of thioether (sulfide) groups is 1. The predicted molar refractivity (Wildman–Crippen MR) is 99.1 cm³/mol. The van der Waals surface area contributed by atoms with Crippen molar-refractivity contribution in [3.63, 3.8) is 0 Å². The quantitative estimate of drug-likeness (QED) is 0.664. The third-order valence-electron chi connectivity index (χ3n) is 3.50. The molecular formula is C19H18N4OS. The standard InChI is InChI=1S/C19H18N4OS/c24-18(21-13-11-15-6-2-1-3-7-15)14-25-19-10-9-17(22-23-19)16-8-4-5-12-20-16/h1-10,12H,11,13-14H2,(H,21,24). The van der Waals surface area contributed by atoms with Gasteiger partial charge in [0.25, 0.3) is 0 Å². The summed E-state index contributed by atoms with van der Waals surface area (Å²) in [6.07, 6.45) is 2.55. The molecule has 1 amide bonds. The number of benzene rings is 1. The molecule has 0 atom stereocenters. The fourth-order valence-corrected chi connectivity index (χ4v) is 2.87. The Labute approximate surface area is 150 Å². The van der Waals surface area contributed by atoms with Crippen molar-refractivity contribution in [2.24, 2.45) is 0 Å². The SMILES string of the molecule is O=C(CSc1ccc(-c2ccccn2)nn1)NCCc1ccccc1. The van der Waals surface area contributed by atoms with Crippen LogP contribution in [0.15, 0.2) is 71.9 Å². The Bertz CT molecular complexity index is 795. The summed E-state index contributed by atoms with van der Waals surface area (Å²) in [5.74, 6) is 0.323. The molecule has 3 rings (SSSR count). The largest absolute Gasteiger partial charge is 0.355 e. The van der Waals surface area contributed by atoms with E-state index in [0.717, 1.165) is 22.8 Å². The molecule has 0 saturated heterocycles. The highest BCUT2D eigenvalue weighted by molar-refractivity contribution is 7.99. The topological polar surface area (TPSA) is 67.8 Å². The smallest absolute Gasteiger partial charge is 0.230 e. The van der Waals surface area contributed by atoms with Gasteiger partial charge in [0.05, 0.1) is 11.4 Å². The lowest BCUT2D eigenvalue weighted by Crippen LogP contribution is -2.27. The second kappa shape index (κ2) is 8.94. The van der Waals surface area contributed by atoms with Gasteiger partial charge in [-0.05, 0) is 36.2 Å². The van der Waals surface area contributed by atoms with Crippen LogP contribution in [0.3, 0.4) is 0 Å². The summed E-state index contributed by atoms with van der Waals surface area (Å²) in [5.41, 5.74) is 2.72. The molecule has 0 bridgehead atoms. The molecule has 0 radical (unpaired) electrons. The number of amides is 1. The summed E-state index contributed by atoms with van der Waals surface area (Å²) in [5, 5.41) is 12.0. The molecule has 126 valence electrons. The molecule has 0 spiro atoms. The van der Waals surface area contributed by atoms with E-state index in [4.69, 9.17) is 0 Å². The Kier molecular flexibility index (Phi) is 6.11. The number of nitrogens with zero attached hydrogens (tertiary/aromatic N) is 3. The van der Waals surface area contributed by atoms with Crippen molar-refractivity contribution >= 4 is 17.7 Å². The Morgan fingerprint density at radius 1 is 0.920 bits per heavy atom. The highest BCUT2D eigenvalue weighted by Crippen LogP contribution is 2.17. The van der Waals surface area contributed by atoms with E-state index in [9.17, 15) is 4.79 Å². The second-order valence-corrected chi connectivity index (χ2v) is 6.34. The Balaban J connectivity index is 1.43. The van der Waals surface area contributed by atoms with E-state index in [1.807, 2.05) is 48.5 Å². The van der Waals surface area contributed by atoms with E-state index in [2.05, 4.69) is 32.6 Å². The van der Waals surface area contributed by atoms with Crippen LogP contribution in [0.2, 0.25) is 0 Å². The van der Waals surface area contributed by atoms with Crippen LogP contribution >= 0.6 is 11.8 Å². The summed E-state index contributed by atoms with van der Waals surface area (Å²) in [6, 6.07) is 19.5. The van der Waals surface area contributed by atoms with Gasteiger partial charge in [0.2, 0.25) is 5.91 Å². The van der Waals surface area contributed by atoms with E-state index in [1.54, 1.807) is 6.20 Å². The number of carbonyl (C=O) groups excluding carboxylic acids is 1. The van der Waals surface area contributed by atoms with Gasteiger partial charge in [0, 0.05) is 12.7 Å². The van der Waals surface area contributed by atoms with Crippen molar-refractivity contribution in [3.8, 4) is 11.4 Å². The van der Waals surface area contributed by atoms with E-state index in [0.29, 0.717) is 12.3 Å². The van der Waals surface area contributed by atoms with Gasteiger partial charge in [-0.2, -0.15) is 0 Å². The minimum Gasteiger partial charge on any atom is -0.355 e. The van der Waals surface area contributed by atoms with Crippen LogP contribution in [-0.4, -0.2) is 33.4 Å². The lowest BCUT2D eigenvalue weighted by molar-refractivity contribution is -0.118. The summed E-state index contributed by atoms with van der Waals surface area (Å²) >= 11 is 1.37. The molecule has 0 aliphatic carbocycles. The first-order valence-corrected chi connectivity index (χ1v) is 8.98. The molecule has 2 heterocycles. The van der Waals surface area contributed by atoms with Gasteiger partial charge in [-0.3, -0.25) is 9.78 Å². The van der Waals surface area contributed by atoms with Gasteiger partial charge in [-0.1, -0.05) is 48.2 Å². The maximum Gasteiger partial charge on any atom is 0.230 e. The molecule has 0 aliphatic rings. The van der Waals surface area contributed by atoms with E-state index < -0.39 is 0 Å². The maximum absolute atomic E-state index is 11.9. The van der Waals surface area contributed by atoms with Crippen LogP contribution in [-0.2, 0) is 11.2 Å². The monoisotopic (exact) mass is 350 g/mol. The van der Waals surface area contributed by atoms with Crippen molar-refractivity contribution in [2.45, 2.75) is 11.4 Å². The molecule has 1 N–H and O–H groups in total. The van der Waals surface area contributed by atoms with E-state index in [-0.39, 0.29) is 5.91 Å². The van der Waals surface area contributed by atoms with Crippen molar-refractivity contribution in [1.29, 1.82) is 0 Å². The third kappa shape index (κ3) is 5.39. The minimum absolute atomic E-state index is 0.00321. The summed E-state index contributed by atoms with van der Waals surface area (Å²) in [7, 11) is 0. The van der Waals surface area contributed by atoms with Crippen molar-refractivity contribution in [2.75, 3.05) is 12.3 Å². The lowest BCUT2D eigenvalue weighted by Gasteiger charge is -2.05. The lowest BCUT2D eigenvalue weighted by atomic mass is 10.1. The minimum atomic E-state index is -0.00321. The number of pyridine rings is 1. The van der Waals surface area contributed by atoms with Crippen molar-refractivity contribution in [3.05, 3.63) is 72.4 Å². The molecule has 5 nitrogen and oxygen atoms in total. The Hall–Kier alpha value is -2.73. The Morgan fingerprint density at radius 3 is 2.48 bits per heavy atom. The van der Waals surface area contributed by atoms with Crippen LogP contribution < -0.4 is 5.32 Å². The number of carbonyl (C=O) groups is 1. The number of rotatable bonds is 7. The third-order valence-corrected chi connectivity index (χ3v) is 4.42. The zero-order valence-electron chi connectivity index (χ0n) is 13.6. The first kappa shape index (κ1) is 17.1. The number of hydrogen-bond donors (Lipinski definition) is 1. The molecule has 0 aliphatic heterocycles. The normalized spacial score (nSPS) is 10.4. The maximum atomic E-state index is 11.9. The molecule has 0 fully saturated rings. The molecule has 25 heavy (non-hydrogen) atoms. The molecule has 6 heteroatoms. The van der Waals surface area contributed by atoms with Crippen LogP contribution in [0.5, 0.6) is 0 Å². The number of nitrogens with one attached hydrogen (secondary N) is 1. The number of hydrogen-bond acceptors (Lipinski definition) is 5. The van der Waals surface area contributed by atoms with Gasteiger partial charge in [-0.15, -0.1) is 10.2 Å². The first-order chi connectivity index (χ1) is 12.3. The molecule has 0 saturated carbocycles. The average Bonchev–Trinajstić information content (AvgIpc) is 2.68. The fraction of sp³-hybridized carbons (Fsp3) is 0.158. The predicted octanol–water partition coefficient (Wildman–Crippen LogP) is 2.99. The molecule has 1 aromatic carbocycles. The van der Waals surface area contributed by atoms with Crippen LogP contribution in [0.4, 0.5) is 0 Å². The highest BCUT2D eigenvalue weighted by Gasteiger charge is 2.06. The van der Waals surface area contributed by atoms with E-state index >= 15 is 0 Å². The molecular weight excluding hydrogens is 332 g/mol. The first-order valence-electron chi connectivity index (χ1n) is 8.00. The van der Waals surface area contributed by atoms with Crippen LogP contribution in [0, 0.1) is 0 Å². The van der Waals surface area contributed by atoms with E-state index in [1.165, 1.54) is 17.3 Å². The molecule has 2 aromatic heterocycles. The molecule has 0 unspecified atom stereocenters. The summed E-state index contributed by atoms with van der Waals surface area (Å²) < 4.78 is 0. The zero-order valence-corrected chi connectivity index (χ0v) is 14.4. The van der Waals surface area contributed by atoms with Crippen LogP contribution in [0.1, 0.15) is 5.56 Å². The summed E-state index contributed by atoms with van der Waals surface area (Å²) in [6.45, 7) is 0.633. The van der Waals surface area contributed by atoms with Gasteiger partial charge in [-0.25, -0.2) is 0 Å².